The molecule has 1 aliphatic heterocycles. The Kier molecular flexibility index (Phi) is 5.54. The Bertz CT molecular complexity index is 508. The molecule has 0 amide bonds. The molecule has 1 fully saturated rings. The molecular formula is C14H22N2O3S. The van der Waals surface area contributed by atoms with Crippen LogP contribution in [0.1, 0.15) is 18.4 Å². The zero-order valence-electron chi connectivity index (χ0n) is 11.8. The molecule has 2 rings (SSSR count). The molecule has 0 spiro atoms. The maximum atomic E-state index is 12.2. The maximum Gasteiger partial charge on any atom is 0.240 e. The van der Waals surface area contributed by atoms with E-state index >= 15 is 0 Å². The van der Waals surface area contributed by atoms with Gasteiger partial charge >= 0.3 is 0 Å². The lowest BCUT2D eigenvalue weighted by Crippen LogP contribution is -2.33. The van der Waals surface area contributed by atoms with Crippen LogP contribution in [-0.2, 0) is 21.3 Å². The Morgan fingerprint density at radius 1 is 1.30 bits per heavy atom. The molecule has 1 saturated heterocycles. The molecule has 1 aromatic carbocycles. The summed E-state index contributed by atoms with van der Waals surface area (Å²) in [5.41, 5.74) is 1.06. The number of sulfonamides is 1. The third kappa shape index (κ3) is 4.28. The normalized spacial score (nSPS) is 19.9. The van der Waals surface area contributed by atoms with Crippen LogP contribution in [0, 0.1) is 5.92 Å². The van der Waals surface area contributed by atoms with Gasteiger partial charge in [-0.3, -0.25) is 0 Å². The lowest BCUT2D eigenvalue weighted by Gasteiger charge is -2.22. The van der Waals surface area contributed by atoms with E-state index in [1.807, 2.05) is 19.2 Å². The van der Waals surface area contributed by atoms with Crippen molar-refractivity contribution in [3.63, 3.8) is 0 Å². The SMILES string of the molecule is CNCc1ccc(S(=O)(=O)NCC2CCCOC2)cc1. The van der Waals surface area contributed by atoms with Gasteiger partial charge < -0.3 is 10.1 Å². The Morgan fingerprint density at radius 3 is 2.65 bits per heavy atom. The van der Waals surface area contributed by atoms with Gasteiger partial charge in [0, 0.05) is 19.7 Å². The fourth-order valence-corrected chi connectivity index (χ4v) is 3.39. The molecule has 0 saturated carbocycles. The first kappa shape index (κ1) is 15.4. The van der Waals surface area contributed by atoms with Gasteiger partial charge in [0.15, 0.2) is 0 Å². The number of benzene rings is 1. The molecular weight excluding hydrogens is 276 g/mol. The summed E-state index contributed by atoms with van der Waals surface area (Å²) in [6.07, 6.45) is 2.02. The molecule has 0 aromatic heterocycles. The van der Waals surface area contributed by atoms with Gasteiger partial charge in [-0.15, -0.1) is 0 Å². The Balaban J connectivity index is 1.94. The maximum absolute atomic E-state index is 12.2. The molecule has 0 radical (unpaired) electrons. The van der Waals surface area contributed by atoms with Gasteiger partial charge in [-0.05, 0) is 43.5 Å². The number of nitrogens with one attached hydrogen (secondary N) is 2. The highest BCUT2D eigenvalue weighted by Gasteiger charge is 2.19. The summed E-state index contributed by atoms with van der Waals surface area (Å²) in [5, 5.41) is 3.03. The van der Waals surface area contributed by atoms with Gasteiger partial charge in [-0.2, -0.15) is 0 Å². The molecule has 112 valence electrons. The zero-order chi connectivity index (χ0) is 14.4. The van der Waals surface area contributed by atoms with Gasteiger partial charge in [0.05, 0.1) is 11.5 Å². The smallest absolute Gasteiger partial charge is 0.240 e. The molecule has 20 heavy (non-hydrogen) atoms. The molecule has 1 atom stereocenters. The summed E-state index contributed by atoms with van der Waals surface area (Å²) in [4.78, 5) is 0.314. The van der Waals surface area contributed by atoms with Gasteiger partial charge in [-0.25, -0.2) is 13.1 Å². The molecule has 2 N–H and O–H groups in total. The highest BCUT2D eigenvalue weighted by Crippen LogP contribution is 2.15. The van der Waals surface area contributed by atoms with Crippen molar-refractivity contribution < 1.29 is 13.2 Å². The minimum absolute atomic E-state index is 0.280. The van der Waals surface area contributed by atoms with Crippen molar-refractivity contribution in [1.29, 1.82) is 0 Å². The van der Waals surface area contributed by atoms with Crippen LogP contribution in [-0.4, -0.2) is 35.2 Å². The van der Waals surface area contributed by atoms with Crippen LogP contribution in [0.15, 0.2) is 29.2 Å². The predicted molar refractivity (Wildman–Crippen MR) is 77.9 cm³/mol. The molecule has 1 aliphatic rings. The number of rotatable bonds is 6. The van der Waals surface area contributed by atoms with E-state index in [2.05, 4.69) is 10.0 Å². The molecule has 6 heteroatoms. The number of hydrogen-bond acceptors (Lipinski definition) is 4. The van der Waals surface area contributed by atoms with Crippen molar-refractivity contribution in [2.75, 3.05) is 26.8 Å². The van der Waals surface area contributed by atoms with Crippen molar-refractivity contribution in [3.8, 4) is 0 Å². The van der Waals surface area contributed by atoms with Crippen molar-refractivity contribution in [2.45, 2.75) is 24.3 Å². The lowest BCUT2D eigenvalue weighted by molar-refractivity contribution is 0.0568. The van der Waals surface area contributed by atoms with Crippen molar-refractivity contribution in [3.05, 3.63) is 29.8 Å². The summed E-state index contributed by atoms with van der Waals surface area (Å²) in [6.45, 7) is 2.60. The summed E-state index contributed by atoms with van der Waals surface area (Å²) in [7, 11) is -1.56. The second-order valence-electron chi connectivity index (χ2n) is 5.11. The van der Waals surface area contributed by atoms with Crippen LogP contribution >= 0.6 is 0 Å². The van der Waals surface area contributed by atoms with Gasteiger partial charge in [-0.1, -0.05) is 12.1 Å². The van der Waals surface area contributed by atoms with Crippen LogP contribution in [0.4, 0.5) is 0 Å². The minimum atomic E-state index is -3.42. The standard InChI is InChI=1S/C14H22N2O3S/c1-15-9-12-4-6-14(7-5-12)20(17,18)16-10-13-3-2-8-19-11-13/h4-7,13,15-16H,2-3,8-11H2,1H3. The molecule has 0 bridgehead atoms. The highest BCUT2D eigenvalue weighted by molar-refractivity contribution is 7.89. The number of hydrogen-bond donors (Lipinski definition) is 2. The molecule has 0 aliphatic carbocycles. The quantitative estimate of drug-likeness (QED) is 0.825. The van der Waals surface area contributed by atoms with E-state index < -0.39 is 10.0 Å². The fraction of sp³-hybridized carbons (Fsp3) is 0.571. The van der Waals surface area contributed by atoms with E-state index in [4.69, 9.17) is 4.74 Å². The third-order valence-corrected chi connectivity index (χ3v) is 4.87. The summed E-state index contributed by atoms with van der Waals surface area (Å²) < 4.78 is 32.4. The zero-order valence-corrected chi connectivity index (χ0v) is 12.6. The summed E-state index contributed by atoms with van der Waals surface area (Å²) in [6, 6.07) is 6.95. The van der Waals surface area contributed by atoms with E-state index in [1.54, 1.807) is 12.1 Å². The fourth-order valence-electron chi connectivity index (χ4n) is 2.27. The summed E-state index contributed by atoms with van der Waals surface area (Å²) >= 11 is 0. The third-order valence-electron chi connectivity index (χ3n) is 3.43. The van der Waals surface area contributed by atoms with E-state index in [-0.39, 0.29) is 5.92 Å². The van der Waals surface area contributed by atoms with Gasteiger partial charge in [0.1, 0.15) is 0 Å². The Hall–Kier alpha value is -0.950. The molecule has 5 nitrogen and oxygen atoms in total. The number of ether oxygens (including phenoxy) is 1. The predicted octanol–water partition coefficient (Wildman–Crippen LogP) is 1.11. The van der Waals surface area contributed by atoms with Crippen LogP contribution in [0.3, 0.4) is 0 Å². The van der Waals surface area contributed by atoms with E-state index in [0.29, 0.717) is 18.0 Å². The van der Waals surface area contributed by atoms with Gasteiger partial charge in [0.25, 0.3) is 0 Å². The molecule has 1 unspecified atom stereocenters. The summed E-state index contributed by atoms with van der Waals surface area (Å²) in [5.74, 6) is 0.280. The Labute approximate surface area is 120 Å². The monoisotopic (exact) mass is 298 g/mol. The first-order valence-corrected chi connectivity index (χ1v) is 8.41. The average Bonchev–Trinajstić information content (AvgIpc) is 2.47. The van der Waals surface area contributed by atoms with E-state index in [0.717, 1.165) is 31.6 Å². The van der Waals surface area contributed by atoms with Crippen LogP contribution in [0.2, 0.25) is 0 Å². The first-order chi connectivity index (χ1) is 9.62. The average molecular weight is 298 g/mol. The first-order valence-electron chi connectivity index (χ1n) is 6.93. The molecule has 1 heterocycles. The van der Waals surface area contributed by atoms with Crippen LogP contribution in [0.25, 0.3) is 0 Å². The Morgan fingerprint density at radius 2 is 2.05 bits per heavy atom. The van der Waals surface area contributed by atoms with E-state index in [9.17, 15) is 8.42 Å². The van der Waals surface area contributed by atoms with E-state index in [1.165, 1.54) is 0 Å². The van der Waals surface area contributed by atoms with Crippen molar-refractivity contribution in [1.82, 2.24) is 10.0 Å². The topological polar surface area (TPSA) is 67.4 Å². The van der Waals surface area contributed by atoms with Crippen molar-refractivity contribution >= 4 is 10.0 Å². The lowest BCUT2D eigenvalue weighted by atomic mass is 10.0. The second kappa shape index (κ2) is 7.17. The second-order valence-corrected chi connectivity index (χ2v) is 6.88. The molecule has 1 aromatic rings. The highest BCUT2D eigenvalue weighted by atomic mass is 32.2. The van der Waals surface area contributed by atoms with Crippen LogP contribution in [0.5, 0.6) is 0 Å². The van der Waals surface area contributed by atoms with Crippen molar-refractivity contribution in [2.24, 2.45) is 5.92 Å². The minimum Gasteiger partial charge on any atom is -0.381 e. The van der Waals surface area contributed by atoms with Crippen LogP contribution < -0.4 is 10.0 Å². The van der Waals surface area contributed by atoms with Gasteiger partial charge in [0.2, 0.25) is 10.0 Å². The largest absolute Gasteiger partial charge is 0.381 e.